The number of amides is 1. The molecule has 0 unspecified atom stereocenters. The van der Waals surface area contributed by atoms with Crippen molar-refractivity contribution in [3.05, 3.63) is 40.8 Å². The molecule has 0 saturated heterocycles. The Morgan fingerprint density at radius 3 is 2.59 bits per heavy atom. The van der Waals surface area contributed by atoms with Crippen molar-refractivity contribution in [2.24, 2.45) is 5.92 Å². The first-order valence-corrected chi connectivity index (χ1v) is 10.1. The third-order valence-corrected chi connectivity index (χ3v) is 4.75. The molecule has 1 N–H and O–H groups in total. The fourth-order valence-electron chi connectivity index (χ4n) is 2.45. The van der Waals surface area contributed by atoms with E-state index in [0.717, 1.165) is 5.75 Å². The van der Waals surface area contributed by atoms with E-state index >= 15 is 0 Å². The second-order valence-corrected chi connectivity index (χ2v) is 8.92. The van der Waals surface area contributed by atoms with Crippen molar-refractivity contribution in [3.8, 4) is 0 Å². The predicted molar refractivity (Wildman–Crippen MR) is 107 cm³/mol. The van der Waals surface area contributed by atoms with Crippen molar-refractivity contribution < 1.29 is 13.9 Å². The summed E-state index contributed by atoms with van der Waals surface area (Å²) in [6, 6.07) is 5.98. The number of nitrogens with one attached hydrogen (secondary N) is 1. The van der Waals surface area contributed by atoms with Crippen LogP contribution < -0.4 is 5.32 Å². The SMILES string of the molecule is Cc1ccc(C)c(CSc2nnc([C@@H](NC(=O)OC(C)(C)C)C(C)C)o2)c1. The number of carbonyl (C=O) groups excluding carboxylic acids is 1. The van der Waals surface area contributed by atoms with Crippen LogP contribution in [-0.4, -0.2) is 21.9 Å². The van der Waals surface area contributed by atoms with Crippen LogP contribution in [0.2, 0.25) is 0 Å². The lowest BCUT2D eigenvalue weighted by atomic mass is 10.1. The number of nitrogens with zero attached hydrogens (tertiary/aromatic N) is 2. The van der Waals surface area contributed by atoms with Crippen LogP contribution in [0.15, 0.2) is 27.8 Å². The fraction of sp³-hybridized carbons (Fsp3) is 0.550. The number of aryl methyl sites for hydroxylation is 2. The molecule has 0 aliphatic carbocycles. The zero-order chi connectivity index (χ0) is 20.2. The minimum atomic E-state index is -0.562. The van der Waals surface area contributed by atoms with Gasteiger partial charge in [0.05, 0.1) is 0 Å². The lowest BCUT2D eigenvalue weighted by Crippen LogP contribution is -2.37. The molecule has 6 nitrogen and oxygen atoms in total. The molecule has 148 valence electrons. The molecular formula is C20H29N3O3S. The number of rotatable bonds is 6. The molecule has 0 aliphatic heterocycles. The van der Waals surface area contributed by atoms with Crippen LogP contribution in [-0.2, 0) is 10.5 Å². The van der Waals surface area contributed by atoms with Crippen LogP contribution in [0.5, 0.6) is 0 Å². The number of aromatic nitrogens is 2. The minimum Gasteiger partial charge on any atom is -0.444 e. The van der Waals surface area contributed by atoms with Gasteiger partial charge in [-0.15, -0.1) is 10.2 Å². The Balaban J connectivity index is 2.04. The van der Waals surface area contributed by atoms with E-state index in [1.807, 2.05) is 34.6 Å². The first kappa shape index (κ1) is 21.3. The summed E-state index contributed by atoms with van der Waals surface area (Å²) in [6.07, 6.45) is -0.496. The lowest BCUT2D eigenvalue weighted by molar-refractivity contribution is 0.0477. The maximum atomic E-state index is 12.1. The van der Waals surface area contributed by atoms with Gasteiger partial charge in [0.15, 0.2) is 0 Å². The van der Waals surface area contributed by atoms with E-state index in [1.54, 1.807) is 0 Å². The molecule has 0 radical (unpaired) electrons. The summed E-state index contributed by atoms with van der Waals surface area (Å²) in [5.74, 6) is 1.22. The normalized spacial score (nSPS) is 12.9. The summed E-state index contributed by atoms with van der Waals surface area (Å²) in [4.78, 5) is 12.1. The van der Waals surface area contributed by atoms with Crippen molar-refractivity contribution in [2.75, 3.05) is 0 Å². The van der Waals surface area contributed by atoms with Gasteiger partial charge in [0.2, 0.25) is 5.89 Å². The Labute approximate surface area is 165 Å². The highest BCUT2D eigenvalue weighted by atomic mass is 32.2. The fourth-order valence-corrected chi connectivity index (χ4v) is 3.28. The third kappa shape index (κ3) is 6.57. The van der Waals surface area contributed by atoms with Gasteiger partial charge in [0.1, 0.15) is 11.6 Å². The maximum absolute atomic E-state index is 12.1. The second-order valence-electron chi connectivity index (χ2n) is 7.99. The number of alkyl carbamates (subject to hydrolysis) is 1. The van der Waals surface area contributed by atoms with E-state index in [4.69, 9.17) is 9.15 Å². The van der Waals surface area contributed by atoms with Gasteiger partial charge in [0.25, 0.3) is 5.22 Å². The summed E-state index contributed by atoms with van der Waals surface area (Å²) in [7, 11) is 0. The van der Waals surface area contributed by atoms with Gasteiger partial charge in [-0.25, -0.2) is 4.79 Å². The topological polar surface area (TPSA) is 77.2 Å². The summed E-state index contributed by atoms with van der Waals surface area (Å²) in [5.41, 5.74) is 3.14. The molecule has 1 aromatic heterocycles. The van der Waals surface area contributed by atoms with Crippen molar-refractivity contribution in [2.45, 2.75) is 71.1 Å². The van der Waals surface area contributed by atoms with Gasteiger partial charge in [-0.2, -0.15) is 0 Å². The van der Waals surface area contributed by atoms with Crippen LogP contribution in [0.1, 0.15) is 63.2 Å². The van der Waals surface area contributed by atoms with Gasteiger partial charge < -0.3 is 14.5 Å². The molecule has 1 amide bonds. The van der Waals surface area contributed by atoms with Crippen molar-refractivity contribution in [1.29, 1.82) is 0 Å². The van der Waals surface area contributed by atoms with E-state index in [0.29, 0.717) is 11.1 Å². The number of hydrogen-bond donors (Lipinski definition) is 1. The molecule has 2 aromatic rings. The monoisotopic (exact) mass is 391 g/mol. The van der Waals surface area contributed by atoms with Crippen molar-refractivity contribution in [3.63, 3.8) is 0 Å². The lowest BCUT2D eigenvalue weighted by Gasteiger charge is -2.23. The van der Waals surface area contributed by atoms with Crippen LogP contribution in [0, 0.1) is 19.8 Å². The number of thioether (sulfide) groups is 1. The third-order valence-electron chi connectivity index (χ3n) is 3.88. The average molecular weight is 392 g/mol. The molecule has 7 heteroatoms. The Morgan fingerprint density at radius 1 is 1.26 bits per heavy atom. The van der Waals surface area contributed by atoms with Gasteiger partial charge in [0, 0.05) is 5.75 Å². The Kier molecular flexibility index (Phi) is 6.92. The standard InChI is InChI=1S/C20H29N3O3S/c1-12(2)16(21-18(24)26-20(5,6)7)17-22-23-19(25-17)27-11-15-10-13(3)8-9-14(15)4/h8-10,12,16H,11H2,1-7H3,(H,21,24)/t16-/m0/s1. The minimum absolute atomic E-state index is 0.0786. The predicted octanol–water partition coefficient (Wildman–Crippen LogP) is 5.20. The maximum Gasteiger partial charge on any atom is 0.408 e. The Bertz CT molecular complexity index is 781. The second kappa shape index (κ2) is 8.78. The Hall–Kier alpha value is -2.02. The van der Waals surface area contributed by atoms with E-state index in [2.05, 4.69) is 47.6 Å². The van der Waals surface area contributed by atoms with Crippen LogP contribution in [0.3, 0.4) is 0 Å². The summed E-state index contributed by atoms with van der Waals surface area (Å²) < 4.78 is 11.1. The first-order chi connectivity index (χ1) is 12.5. The quantitative estimate of drug-likeness (QED) is 0.682. The number of benzene rings is 1. The summed E-state index contributed by atoms with van der Waals surface area (Å²) >= 11 is 1.49. The van der Waals surface area contributed by atoms with Gasteiger partial charge in [-0.3, -0.25) is 0 Å². The molecule has 0 fully saturated rings. The highest BCUT2D eigenvalue weighted by Gasteiger charge is 2.27. The number of ether oxygens (including phenoxy) is 1. The molecule has 1 aromatic carbocycles. The molecule has 2 rings (SSSR count). The van der Waals surface area contributed by atoms with E-state index < -0.39 is 17.7 Å². The van der Waals surface area contributed by atoms with Crippen LogP contribution in [0.4, 0.5) is 4.79 Å². The molecule has 0 saturated carbocycles. The van der Waals surface area contributed by atoms with Crippen molar-refractivity contribution >= 4 is 17.9 Å². The van der Waals surface area contributed by atoms with Crippen LogP contribution in [0.25, 0.3) is 0 Å². The molecule has 1 heterocycles. The van der Waals surface area contributed by atoms with Gasteiger partial charge in [-0.05, 0) is 51.7 Å². The molecule has 27 heavy (non-hydrogen) atoms. The largest absolute Gasteiger partial charge is 0.444 e. The molecule has 0 spiro atoms. The number of hydrogen-bond acceptors (Lipinski definition) is 6. The van der Waals surface area contributed by atoms with Gasteiger partial charge >= 0.3 is 6.09 Å². The first-order valence-electron chi connectivity index (χ1n) is 9.07. The summed E-state index contributed by atoms with van der Waals surface area (Å²) in [6.45, 7) is 13.6. The highest BCUT2D eigenvalue weighted by Crippen LogP contribution is 2.27. The van der Waals surface area contributed by atoms with E-state index in [9.17, 15) is 4.79 Å². The average Bonchev–Trinajstić information content (AvgIpc) is 3.00. The highest BCUT2D eigenvalue weighted by molar-refractivity contribution is 7.98. The molecular weight excluding hydrogens is 362 g/mol. The smallest absolute Gasteiger partial charge is 0.408 e. The summed E-state index contributed by atoms with van der Waals surface area (Å²) in [5, 5.41) is 11.6. The molecule has 0 bridgehead atoms. The Morgan fingerprint density at radius 2 is 1.96 bits per heavy atom. The molecule has 1 atom stereocenters. The van der Waals surface area contributed by atoms with Crippen LogP contribution >= 0.6 is 11.8 Å². The van der Waals surface area contributed by atoms with Crippen molar-refractivity contribution in [1.82, 2.24) is 15.5 Å². The van der Waals surface area contributed by atoms with E-state index in [-0.39, 0.29) is 5.92 Å². The zero-order valence-electron chi connectivity index (χ0n) is 17.1. The zero-order valence-corrected chi connectivity index (χ0v) is 17.9. The van der Waals surface area contributed by atoms with E-state index in [1.165, 1.54) is 28.5 Å². The molecule has 0 aliphatic rings. The van der Waals surface area contributed by atoms with Gasteiger partial charge in [-0.1, -0.05) is 49.4 Å². The number of carbonyl (C=O) groups is 1.